The molecule has 0 bridgehead atoms. The molecule has 1 amide bonds. The Morgan fingerprint density at radius 3 is 2.47 bits per heavy atom. The van der Waals surface area contributed by atoms with Gasteiger partial charge in [0.2, 0.25) is 15.9 Å². The summed E-state index contributed by atoms with van der Waals surface area (Å²) < 4.78 is 29.1. The van der Waals surface area contributed by atoms with Gasteiger partial charge in [0.1, 0.15) is 0 Å². The molecule has 0 radical (unpaired) electrons. The second kappa shape index (κ2) is 9.24. The van der Waals surface area contributed by atoms with Crippen LogP contribution in [0.25, 0.3) is 10.2 Å². The lowest BCUT2D eigenvalue weighted by molar-refractivity contribution is -0.137. The van der Waals surface area contributed by atoms with E-state index in [-0.39, 0.29) is 17.7 Å². The first-order valence-electron chi connectivity index (χ1n) is 11.7. The predicted molar refractivity (Wildman–Crippen MR) is 135 cm³/mol. The number of rotatable bonds is 4. The largest absolute Gasteiger partial charge is 0.340 e. The molecule has 5 rings (SSSR count). The second-order valence-corrected chi connectivity index (χ2v) is 12.1. The van der Waals surface area contributed by atoms with Crippen LogP contribution in [0.15, 0.2) is 59.5 Å². The van der Waals surface area contributed by atoms with E-state index in [0.717, 1.165) is 32.8 Å². The van der Waals surface area contributed by atoms with Gasteiger partial charge in [-0.15, -0.1) is 11.3 Å². The second-order valence-electron chi connectivity index (χ2n) is 9.17. The van der Waals surface area contributed by atoms with Crippen LogP contribution in [0.1, 0.15) is 34.9 Å². The number of amides is 1. The van der Waals surface area contributed by atoms with Gasteiger partial charge in [0.05, 0.1) is 26.0 Å². The van der Waals surface area contributed by atoms with Gasteiger partial charge in [-0.25, -0.2) is 13.4 Å². The molecule has 1 aromatic heterocycles. The SMILES string of the molecule is Cc1ccc(S(=O)(=O)N2CCN(C(=O)[C@@H]3CC=CC[C@H]3c3nc4ccccc4s3)CC2)c(C)c1. The van der Waals surface area contributed by atoms with Gasteiger partial charge in [0.15, 0.2) is 0 Å². The third-order valence-corrected chi connectivity index (χ3v) is 10.1. The van der Waals surface area contributed by atoms with E-state index >= 15 is 0 Å². The molecule has 0 spiro atoms. The van der Waals surface area contributed by atoms with Crippen molar-refractivity contribution in [2.45, 2.75) is 37.5 Å². The zero-order valence-corrected chi connectivity index (χ0v) is 21.1. The number of nitrogens with zero attached hydrogens (tertiary/aromatic N) is 3. The Balaban J connectivity index is 1.30. The number of aromatic nitrogens is 1. The summed E-state index contributed by atoms with van der Waals surface area (Å²) in [5, 5.41) is 1.01. The number of allylic oxidation sites excluding steroid dienone is 2. The van der Waals surface area contributed by atoms with Crippen molar-refractivity contribution in [3.8, 4) is 0 Å². The number of para-hydroxylation sites is 1. The third kappa shape index (κ3) is 4.30. The highest BCUT2D eigenvalue weighted by molar-refractivity contribution is 7.89. The van der Waals surface area contributed by atoms with E-state index < -0.39 is 10.0 Å². The number of fused-ring (bicyclic) bond motifs is 1. The van der Waals surface area contributed by atoms with Crippen molar-refractivity contribution >= 4 is 37.5 Å². The van der Waals surface area contributed by atoms with E-state index in [0.29, 0.717) is 37.5 Å². The summed E-state index contributed by atoms with van der Waals surface area (Å²) in [6, 6.07) is 13.5. The fourth-order valence-corrected chi connectivity index (χ4v) is 7.79. The molecule has 3 aromatic rings. The Morgan fingerprint density at radius 1 is 1.00 bits per heavy atom. The number of sulfonamides is 1. The van der Waals surface area contributed by atoms with Gasteiger partial charge in [-0.1, -0.05) is 42.0 Å². The van der Waals surface area contributed by atoms with Crippen molar-refractivity contribution in [3.63, 3.8) is 0 Å². The van der Waals surface area contributed by atoms with Gasteiger partial charge < -0.3 is 4.90 Å². The number of hydrogen-bond donors (Lipinski definition) is 0. The fourth-order valence-electron chi connectivity index (χ4n) is 5.02. The van der Waals surface area contributed by atoms with E-state index in [9.17, 15) is 13.2 Å². The van der Waals surface area contributed by atoms with Crippen LogP contribution in [-0.4, -0.2) is 54.7 Å². The first-order valence-corrected chi connectivity index (χ1v) is 14.0. The lowest BCUT2D eigenvalue weighted by Crippen LogP contribution is -2.52. The summed E-state index contributed by atoms with van der Waals surface area (Å²) in [6.45, 7) is 5.24. The standard InChI is InChI=1S/C26H29N3O3S2/c1-18-11-12-24(19(2)17-18)34(31,32)29-15-13-28(14-16-29)26(30)21-8-4-3-7-20(21)25-27-22-9-5-6-10-23(22)33-25/h3-6,9-12,17,20-21H,7-8,13-16H2,1-2H3/t20-,21-/m1/s1. The maximum atomic E-state index is 13.6. The average Bonchev–Trinajstić information content (AvgIpc) is 3.28. The van der Waals surface area contributed by atoms with Crippen molar-refractivity contribution in [1.29, 1.82) is 0 Å². The van der Waals surface area contributed by atoms with Crippen LogP contribution in [-0.2, 0) is 14.8 Å². The zero-order valence-electron chi connectivity index (χ0n) is 19.5. The summed E-state index contributed by atoms with van der Waals surface area (Å²) in [6.07, 6.45) is 5.74. The Labute approximate surface area is 205 Å². The number of benzene rings is 2. The van der Waals surface area contributed by atoms with Crippen molar-refractivity contribution in [1.82, 2.24) is 14.2 Å². The summed E-state index contributed by atoms with van der Waals surface area (Å²) in [7, 11) is -3.58. The number of piperazine rings is 1. The molecule has 0 unspecified atom stereocenters. The molecule has 2 atom stereocenters. The quantitative estimate of drug-likeness (QED) is 0.500. The molecule has 34 heavy (non-hydrogen) atoms. The molecule has 1 fully saturated rings. The van der Waals surface area contributed by atoms with Crippen LogP contribution >= 0.6 is 11.3 Å². The topological polar surface area (TPSA) is 70.6 Å². The minimum atomic E-state index is -3.58. The van der Waals surface area contributed by atoms with Gasteiger partial charge >= 0.3 is 0 Å². The normalized spacial score (nSPS) is 21.8. The predicted octanol–water partition coefficient (Wildman–Crippen LogP) is 4.50. The minimum absolute atomic E-state index is 0.0619. The molecule has 1 aliphatic carbocycles. The highest BCUT2D eigenvalue weighted by atomic mass is 32.2. The van der Waals surface area contributed by atoms with E-state index in [1.54, 1.807) is 17.4 Å². The van der Waals surface area contributed by atoms with Gasteiger partial charge in [-0.05, 0) is 50.5 Å². The molecule has 1 aliphatic heterocycles. The van der Waals surface area contributed by atoms with Gasteiger partial charge in [-0.2, -0.15) is 4.31 Å². The van der Waals surface area contributed by atoms with Crippen molar-refractivity contribution in [3.05, 3.63) is 70.8 Å². The highest BCUT2D eigenvalue weighted by Crippen LogP contribution is 2.39. The van der Waals surface area contributed by atoms with Crippen LogP contribution < -0.4 is 0 Å². The summed E-state index contributed by atoms with van der Waals surface area (Å²) in [5.41, 5.74) is 2.77. The average molecular weight is 496 g/mol. The minimum Gasteiger partial charge on any atom is -0.340 e. The van der Waals surface area contributed by atoms with Crippen LogP contribution in [0.2, 0.25) is 0 Å². The van der Waals surface area contributed by atoms with Crippen LogP contribution in [0, 0.1) is 19.8 Å². The monoisotopic (exact) mass is 495 g/mol. The maximum absolute atomic E-state index is 13.6. The lowest BCUT2D eigenvalue weighted by atomic mass is 9.82. The molecule has 178 valence electrons. The molecule has 0 saturated carbocycles. The molecule has 0 N–H and O–H groups in total. The Kier molecular flexibility index (Phi) is 6.31. The van der Waals surface area contributed by atoms with E-state index in [1.807, 2.05) is 49.1 Å². The van der Waals surface area contributed by atoms with E-state index in [2.05, 4.69) is 18.2 Å². The fraction of sp³-hybridized carbons (Fsp3) is 0.385. The lowest BCUT2D eigenvalue weighted by Gasteiger charge is -2.37. The molecule has 2 heterocycles. The number of carbonyl (C=O) groups is 1. The molecule has 6 nitrogen and oxygen atoms in total. The Hall–Kier alpha value is -2.55. The first-order chi connectivity index (χ1) is 16.3. The number of thiazole rings is 1. The Morgan fingerprint density at radius 2 is 1.74 bits per heavy atom. The van der Waals surface area contributed by atoms with Crippen molar-refractivity contribution in [2.24, 2.45) is 5.92 Å². The van der Waals surface area contributed by atoms with E-state index in [4.69, 9.17) is 4.98 Å². The molecule has 8 heteroatoms. The number of hydrogen-bond acceptors (Lipinski definition) is 5. The summed E-state index contributed by atoms with van der Waals surface area (Å²) in [5.74, 6) is 0.0112. The van der Waals surface area contributed by atoms with Gasteiger partial charge in [0.25, 0.3) is 0 Å². The molecule has 2 aromatic carbocycles. The van der Waals surface area contributed by atoms with E-state index in [1.165, 1.54) is 4.31 Å². The number of aryl methyl sites for hydroxylation is 2. The number of carbonyl (C=O) groups excluding carboxylic acids is 1. The smallest absolute Gasteiger partial charge is 0.243 e. The summed E-state index contributed by atoms with van der Waals surface area (Å²) in [4.78, 5) is 20.6. The van der Waals surface area contributed by atoms with Crippen LogP contribution in [0.5, 0.6) is 0 Å². The van der Waals surface area contributed by atoms with Crippen LogP contribution in [0.3, 0.4) is 0 Å². The van der Waals surface area contributed by atoms with Crippen molar-refractivity contribution in [2.75, 3.05) is 26.2 Å². The van der Waals surface area contributed by atoms with Crippen molar-refractivity contribution < 1.29 is 13.2 Å². The maximum Gasteiger partial charge on any atom is 0.243 e. The van der Waals surface area contributed by atoms with Gasteiger partial charge in [-0.3, -0.25) is 4.79 Å². The molecular formula is C26H29N3O3S2. The molecule has 1 saturated heterocycles. The third-order valence-electron chi connectivity index (χ3n) is 6.88. The summed E-state index contributed by atoms with van der Waals surface area (Å²) >= 11 is 1.67. The molecule has 2 aliphatic rings. The highest BCUT2D eigenvalue weighted by Gasteiger charge is 2.37. The zero-order chi connectivity index (χ0) is 23.9. The van der Waals surface area contributed by atoms with Crippen LogP contribution in [0.4, 0.5) is 0 Å². The first kappa shape index (κ1) is 23.2. The molecular weight excluding hydrogens is 466 g/mol. The Bertz CT molecular complexity index is 1320. The van der Waals surface area contributed by atoms with Gasteiger partial charge in [0, 0.05) is 32.1 Å².